The van der Waals surface area contributed by atoms with Gasteiger partial charge in [-0.1, -0.05) is 71.9 Å². The van der Waals surface area contributed by atoms with Crippen molar-refractivity contribution in [3.63, 3.8) is 0 Å². The average molecular weight is 1920 g/mol. The Kier molecular flexibility index (Phi) is 57.1. The number of nitrogens with two attached hydrogens (primary N) is 2. The van der Waals surface area contributed by atoms with Gasteiger partial charge >= 0.3 is 80.7 Å². The molecule has 0 saturated carbocycles. The minimum atomic E-state index is -0.995. The van der Waals surface area contributed by atoms with Crippen LogP contribution in [0.15, 0.2) is 180 Å². The van der Waals surface area contributed by atoms with E-state index in [0.29, 0.717) is 79.3 Å². The fourth-order valence-corrected chi connectivity index (χ4v) is 10.9. The molecule has 0 atom stereocenters. The number of ether oxygens (including phenoxy) is 7. The Hall–Kier alpha value is -9.82. The number of ketones is 2. The number of esters is 3. The van der Waals surface area contributed by atoms with Gasteiger partial charge in [0, 0.05) is 60.5 Å². The summed E-state index contributed by atoms with van der Waals surface area (Å²) in [6, 6.07) is 40.5. The summed E-state index contributed by atoms with van der Waals surface area (Å²) in [4.78, 5) is 109. The Bertz CT molecular complexity index is 4930. The number of carbonyl (C=O) groups is 7. The molecule has 26 nitrogen and oxygen atoms in total. The summed E-state index contributed by atoms with van der Waals surface area (Å²) >= 11 is 9.03. The second-order valence-electron chi connectivity index (χ2n) is 31.5. The maximum absolute atomic E-state index is 13.4. The number of aromatic nitrogens is 2. The molecule has 0 bridgehead atoms. The molecule has 0 saturated heterocycles. The molecule has 690 valence electrons. The SMILES string of the molecule is C.CC(C)(C)OC(=O)CCCBr.CC(C)(C)OC(=O)Cc1ccc(O)cc1.CC(C)(C)OC(=O)Cc1ccc(OCCNC(=O)OC(C)(C)C)cc1.CN1CC[N+](C)=C1Cl.Cl.N#C[O-].NC(=O)Cc1ccc(OCCCC(=O)c2cccn(Cc3ccc(F)c(F)c3)c2=O)cc1.Nc1ccc(OCCCC(=O)c2cccn(Cc3ccc(F)c(F)c3)c2=O)cc1.[Cl-].[K+]. The van der Waals surface area contributed by atoms with Crippen molar-refractivity contribution in [2.24, 2.45) is 5.73 Å². The first-order valence-corrected chi connectivity index (χ1v) is 40.6. The number of amides is 2. The predicted molar refractivity (Wildman–Crippen MR) is 477 cm³/mol. The number of Topliss-reactive ketones (excluding diaryl/α,β-unsaturated/α-hetero) is 2. The monoisotopic (exact) mass is 1920 g/mol. The molecule has 1 aliphatic rings. The van der Waals surface area contributed by atoms with Crippen LogP contribution in [0.3, 0.4) is 0 Å². The number of hydrogen-bond donors (Lipinski definition) is 4. The molecular formula is C92H117BrCl3F4KN8O18. The summed E-state index contributed by atoms with van der Waals surface area (Å²) in [7, 11) is 3.98. The number of nitrogens with zero attached hydrogens (tertiary/aromatic N) is 5. The molecule has 6 aromatic carbocycles. The van der Waals surface area contributed by atoms with E-state index in [1.54, 1.807) is 97.1 Å². The van der Waals surface area contributed by atoms with Crippen LogP contribution in [0, 0.1) is 34.8 Å². The number of likely N-dealkylation sites (N-methyl/N-ethyl adjacent to an activating group) is 2. The molecule has 0 unspecified atom stereocenters. The molecule has 0 aliphatic carbocycles. The Labute approximate surface area is 809 Å². The summed E-state index contributed by atoms with van der Waals surface area (Å²) in [5, 5.41) is 28.4. The first-order chi connectivity index (χ1) is 57.7. The van der Waals surface area contributed by atoms with Gasteiger partial charge in [-0.05, 0) is 239 Å². The van der Waals surface area contributed by atoms with E-state index in [1.165, 1.54) is 45.8 Å². The van der Waals surface area contributed by atoms with Gasteiger partial charge in [0.2, 0.25) is 5.91 Å². The number of aromatic hydroxyl groups is 1. The number of benzene rings is 6. The van der Waals surface area contributed by atoms with E-state index < -0.39 is 63.2 Å². The first-order valence-electron chi connectivity index (χ1n) is 39.1. The summed E-state index contributed by atoms with van der Waals surface area (Å²) in [6.45, 7) is 25.5. The van der Waals surface area contributed by atoms with E-state index in [9.17, 15) is 60.7 Å². The van der Waals surface area contributed by atoms with Crippen molar-refractivity contribution in [2.75, 3.05) is 64.6 Å². The standard InChI is InChI=1S/C24H22F2N2O4.C22H20F2N2O3.C19H29NO5.C12H16O3.C8H15BrO2.C5H10ClN2.CHNO.CH4.2ClH.K/c25-20-10-7-17(13-21(20)26)15-28-11-1-3-19(24(28)31)22(29)4-2-12-32-18-8-5-16(6-9-18)14-23(27)30;23-19-10-5-15(13-20(19)24)14-26-11-1-3-18(22(26)28)21(27)4-2-12-29-17-8-6-16(25)7-9-17;1-18(2,3)24-16(21)13-14-7-9-15(10-8-14)23-12-11-20-17(22)25-19(4,5)6;1-12(2,3)15-11(14)8-9-4-6-10(13)7-5-9;1-8(2,3)11-7(10)5-4-6-9;1-7-3-4-8(2)5(7)6;2-1-3;;;;/h1,3,5-11,13H,2,4,12,14-15H2,(H2,27,30);1,3,5-11,13H,2,4,12,14,25H2;7-10H,11-13H2,1-6H3,(H,20,22);4-7,13H,8H2,1-3H3;4-6H2,1-3H3;3-4H2,1-2H3;3H;1H4;2*1H;/q;;;;;+1;;;;;+1/p-2. The zero-order chi connectivity index (χ0) is 92.2. The number of nitrogen functional groups attached to an aromatic ring is 1. The summed E-state index contributed by atoms with van der Waals surface area (Å²) in [5.41, 5.74) is 12.0. The number of amidine groups is 1. The van der Waals surface area contributed by atoms with Gasteiger partial charge in [-0.15, -0.1) is 12.4 Å². The number of pyridine rings is 2. The van der Waals surface area contributed by atoms with Crippen molar-refractivity contribution in [3.8, 4) is 29.3 Å². The van der Waals surface area contributed by atoms with Gasteiger partial charge in [-0.25, -0.2) is 27.6 Å². The molecule has 35 heteroatoms. The van der Waals surface area contributed by atoms with Crippen molar-refractivity contribution in [1.82, 2.24) is 19.4 Å². The van der Waals surface area contributed by atoms with Crippen LogP contribution in [0.1, 0.15) is 178 Å². The normalized spacial score (nSPS) is 11.1. The number of phenols is 1. The second kappa shape index (κ2) is 60.8. The van der Waals surface area contributed by atoms with Gasteiger partial charge < -0.3 is 81.7 Å². The van der Waals surface area contributed by atoms with E-state index in [0.717, 1.165) is 71.1 Å². The molecule has 127 heavy (non-hydrogen) atoms. The molecule has 9 rings (SSSR count). The number of phenolic OH excluding ortho intramolecular Hbond substituents is 1. The predicted octanol–water partition coefficient (Wildman–Crippen LogP) is 9.36. The van der Waals surface area contributed by atoms with Crippen molar-refractivity contribution in [3.05, 3.63) is 253 Å². The summed E-state index contributed by atoms with van der Waals surface area (Å²) < 4.78 is 94.9. The smallest absolute Gasteiger partial charge is 1.00 e. The summed E-state index contributed by atoms with van der Waals surface area (Å²) in [5.74, 6) is -3.45. The maximum Gasteiger partial charge on any atom is 1.00 e. The molecule has 1 aliphatic heterocycles. The maximum atomic E-state index is 13.4. The Balaban J connectivity index is 0. The topological polar surface area (TPSA) is 366 Å². The molecular weight excluding hydrogens is 1810 g/mol. The van der Waals surface area contributed by atoms with E-state index in [-0.39, 0.29) is 187 Å². The van der Waals surface area contributed by atoms with Crippen LogP contribution in [-0.4, -0.2) is 152 Å². The van der Waals surface area contributed by atoms with E-state index in [4.69, 9.17) is 71.7 Å². The van der Waals surface area contributed by atoms with Gasteiger partial charge in [0.15, 0.2) is 34.8 Å². The number of halogens is 8. The fourth-order valence-electron chi connectivity index (χ4n) is 10.4. The van der Waals surface area contributed by atoms with Gasteiger partial charge in [0.1, 0.15) is 65.1 Å². The number of alkyl halides is 1. The van der Waals surface area contributed by atoms with Crippen LogP contribution in [0.4, 0.5) is 28.0 Å². The third kappa shape index (κ3) is 52.3. The van der Waals surface area contributed by atoms with Gasteiger partial charge in [0.25, 0.3) is 11.1 Å². The van der Waals surface area contributed by atoms with Gasteiger partial charge in [-0.2, -0.15) is 0 Å². The number of nitriles is 1. The van der Waals surface area contributed by atoms with E-state index >= 15 is 0 Å². The molecule has 3 heterocycles. The van der Waals surface area contributed by atoms with Crippen molar-refractivity contribution >= 4 is 92.4 Å². The van der Waals surface area contributed by atoms with E-state index in [1.807, 2.05) is 119 Å². The molecule has 0 spiro atoms. The van der Waals surface area contributed by atoms with Gasteiger partial charge in [0.05, 0.1) is 77.3 Å². The molecule has 6 N–H and O–H groups in total. The number of hydrogen-bond acceptors (Lipinski definition) is 21. The number of rotatable bonds is 29. The number of alkyl carbamates (subject to hydrolysis) is 1. The van der Waals surface area contributed by atoms with Crippen LogP contribution in [0.2, 0.25) is 0 Å². The molecule has 8 aromatic rings. The summed E-state index contributed by atoms with van der Waals surface area (Å²) in [6.07, 6.45) is 6.09. The van der Waals surface area contributed by atoms with Crippen molar-refractivity contribution in [1.29, 1.82) is 5.26 Å². The Morgan fingerprint density at radius 2 is 0.906 bits per heavy atom. The largest absolute Gasteiger partial charge is 1.00 e. The molecule has 2 aromatic heterocycles. The molecule has 0 radical (unpaired) electrons. The third-order valence-corrected chi connectivity index (χ3v) is 17.0. The number of anilines is 1. The number of carbonyl (C=O) groups excluding carboxylic acids is 7. The zero-order valence-electron chi connectivity index (χ0n) is 73.7. The second-order valence-corrected chi connectivity index (χ2v) is 32.6. The quantitative estimate of drug-likeness (QED) is 0.00290. The molecule has 0 fully saturated rings. The minimum absolute atomic E-state index is 0. The minimum Gasteiger partial charge on any atom is -1.00 e. The van der Waals surface area contributed by atoms with Crippen molar-refractivity contribution in [2.45, 2.75) is 184 Å². The average Bonchev–Trinajstić information content (AvgIpc) is 1.16. The van der Waals surface area contributed by atoms with Crippen LogP contribution in [0.25, 0.3) is 0 Å². The van der Waals surface area contributed by atoms with Gasteiger partial charge in [-0.3, -0.25) is 47.8 Å². The van der Waals surface area contributed by atoms with Crippen LogP contribution < -0.4 is 111 Å². The van der Waals surface area contributed by atoms with Crippen molar-refractivity contribution < 1.29 is 163 Å². The first kappa shape index (κ1) is 119. The zero-order valence-corrected chi connectivity index (χ0v) is 80.8. The number of primary amides is 1. The number of nitrogens with one attached hydrogen (secondary N) is 1. The fraction of sp³-hybridized carbons (Fsp3) is 0.402. The van der Waals surface area contributed by atoms with E-state index in [2.05, 4.69) is 21.2 Å². The third-order valence-electron chi connectivity index (χ3n) is 15.9. The Morgan fingerprint density at radius 3 is 1.24 bits per heavy atom. The van der Waals surface area contributed by atoms with Crippen LogP contribution in [-0.2, 0) is 70.5 Å². The Morgan fingerprint density at radius 1 is 0.551 bits per heavy atom. The molecule has 2 amide bonds. The van der Waals surface area contributed by atoms with Crippen LogP contribution in [0.5, 0.6) is 23.0 Å². The van der Waals surface area contributed by atoms with Crippen LogP contribution >= 0.6 is 39.9 Å².